The molecule has 1 aromatic carbocycles. The van der Waals surface area contributed by atoms with Gasteiger partial charge < -0.3 is 15.0 Å². The van der Waals surface area contributed by atoms with E-state index in [1.54, 1.807) is 0 Å². The maximum atomic E-state index is 12.4. The first kappa shape index (κ1) is 18.2. The first-order valence-electron chi connectivity index (χ1n) is 7.73. The third-order valence-corrected chi connectivity index (χ3v) is 3.72. The number of aryl methyl sites for hydroxylation is 1. The van der Waals surface area contributed by atoms with Crippen molar-refractivity contribution in [2.45, 2.75) is 25.3 Å². The van der Waals surface area contributed by atoms with Gasteiger partial charge in [0.2, 0.25) is 0 Å². The number of rotatable bonds is 7. The number of carboxylic acids is 1. The molecule has 1 unspecified atom stereocenters. The maximum Gasteiger partial charge on any atom is 0.328 e. The molecule has 8 heteroatoms. The van der Waals surface area contributed by atoms with Crippen LogP contribution in [0.15, 0.2) is 46.1 Å². The number of aromatic nitrogens is 2. The highest BCUT2D eigenvalue weighted by Gasteiger charge is 2.18. The molecule has 25 heavy (non-hydrogen) atoms. The van der Waals surface area contributed by atoms with Crippen molar-refractivity contribution >= 4 is 11.9 Å². The maximum absolute atomic E-state index is 12.4. The molecule has 8 nitrogen and oxygen atoms in total. The number of hydrogen-bond acceptors (Lipinski definition) is 4. The van der Waals surface area contributed by atoms with E-state index < -0.39 is 29.2 Å². The average molecular weight is 345 g/mol. The lowest BCUT2D eigenvalue weighted by Gasteiger charge is -2.18. The van der Waals surface area contributed by atoms with Crippen LogP contribution in [0.3, 0.4) is 0 Å². The largest absolute Gasteiger partial charge is 0.481 e. The molecule has 0 aliphatic carbocycles. The summed E-state index contributed by atoms with van der Waals surface area (Å²) in [5.41, 5.74) is -0.659. The second-order valence-electron chi connectivity index (χ2n) is 5.71. The van der Waals surface area contributed by atoms with Crippen LogP contribution in [-0.2, 0) is 18.3 Å². The summed E-state index contributed by atoms with van der Waals surface area (Å²) in [4.78, 5) is 48.5. The van der Waals surface area contributed by atoms with Crippen LogP contribution in [0.25, 0.3) is 0 Å². The molecule has 1 atom stereocenters. The predicted octanol–water partition coefficient (Wildman–Crippen LogP) is 0.280. The topological polar surface area (TPSA) is 121 Å². The van der Waals surface area contributed by atoms with Crippen LogP contribution in [0.1, 0.15) is 28.8 Å². The van der Waals surface area contributed by atoms with E-state index >= 15 is 0 Å². The van der Waals surface area contributed by atoms with Crippen LogP contribution in [-0.4, -0.2) is 32.6 Å². The van der Waals surface area contributed by atoms with E-state index in [2.05, 4.69) is 10.3 Å². The van der Waals surface area contributed by atoms with E-state index in [0.717, 1.165) is 16.3 Å². The van der Waals surface area contributed by atoms with Crippen LogP contribution in [0.2, 0.25) is 0 Å². The van der Waals surface area contributed by atoms with E-state index in [0.29, 0.717) is 6.42 Å². The molecule has 1 aromatic heterocycles. The Balaban J connectivity index is 2.18. The van der Waals surface area contributed by atoms with Gasteiger partial charge in [-0.05, 0) is 18.4 Å². The number of nitrogens with one attached hydrogen (secondary N) is 2. The molecule has 1 amide bonds. The molecule has 2 aromatic rings. The Kier molecular flexibility index (Phi) is 5.89. The predicted molar refractivity (Wildman–Crippen MR) is 90.6 cm³/mol. The standard InChI is InChI=1S/C17H19N3O5/c1-20-10-13(16(24)19-17(20)25)15(23)18-12(7-8-14(21)22)9-11-5-3-2-4-6-11/h2-6,10,12H,7-9H2,1H3,(H,18,23)(H,21,22)(H,19,24,25). The normalized spacial score (nSPS) is 11.7. The Morgan fingerprint density at radius 3 is 2.56 bits per heavy atom. The third-order valence-electron chi connectivity index (χ3n) is 3.72. The van der Waals surface area contributed by atoms with Gasteiger partial charge in [-0.3, -0.25) is 19.4 Å². The highest BCUT2D eigenvalue weighted by Crippen LogP contribution is 2.08. The van der Waals surface area contributed by atoms with E-state index in [9.17, 15) is 19.2 Å². The summed E-state index contributed by atoms with van der Waals surface area (Å²) in [6.45, 7) is 0. The van der Waals surface area contributed by atoms with Gasteiger partial charge in [-0.2, -0.15) is 0 Å². The quantitative estimate of drug-likeness (QED) is 0.665. The number of carbonyl (C=O) groups excluding carboxylic acids is 1. The fraction of sp³-hybridized carbons (Fsp3) is 0.294. The second kappa shape index (κ2) is 8.09. The van der Waals surface area contributed by atoms with Crippen LogP contribution in [0.4, 0.5) is 0 Å². The molecule has 2 rings (SSSR count). The Morgan fingerprint density at radius 2 is 1.92 bits per heavy atom. The molecule has 0 saturated carbocycles. The summed E-state index contributed by atoms with van der Waals surface area (Å²) in [5.74, 6) is -1.62. The van der Waals surface area contributed by atoms with Crippen molar-refractivity contribution in [3.63, 3.8) is 0 Å². The first-order chi connectivity index (χ1) is 11.9. The smallest absolute Gasteiger partial charge is 0.328 e. The van der Waals surface area contributed by atoms with Crippen LogP contribution >= 0.6 is 0 Å². The van der Waals surface area contributed by atoms with E-state index in [1.807, 2.05) is 30.3 Å². The van der Waals surface area contributed by atoms with Crippen molar-refractivity contribution < 1.29 is 14.7 Å². The lowest BCUT2D eigenvalue weighted by molar-refractivity contribution is -0.137. The molecule has 0 aliphatic heterocycles. The molecule has 132 valence electrons. The molecule has 0 bridgehead atoms. The average Bonchev–Trinajstić information content (AvgIpc) is 2.56. The summed E-state index contributed by atoms with van der Waals surface area (Å²) in [6.07, 6.45) is 1.71. The fourth-order valence-corrected chi connectivity index (χ4v) is 2.41. The number of carbonyl (C=O) groups is 2. The SMILES string of the molecule is Cn1cc(C(=O)NC(CCC(=O)O)Cc2ccccc2)c(=O)[nH]c1=O. The van der Waals surface area contributed by atoms with Gasteiger partial charge in [0.1, 0.15) is 5.56 Å². The molecular formula is C17H19N3O5. The minimum atomic E-state index is -0.965. The third kappa shape index (κ3) is 5.17. The van der Waals surface area contributed by atoms with E-state index in [-0.39, 0.29) is 18.4 Å². The zero-order valence-electron chi connectivity index (χ0n) is 13.7. The molecule has 0 radical (unpaired) electrons. The number of hydrogen-bond donors (Lipinski definition) is 3. The van der Waals surface area contributed by atoms with Gasteiger partial charge in [0.15, 0.2) is 0 Å². The van der Waals surface area contributed by atoms with Crippen LogP contribution < -0.4 is 16.6 Å². The number of carboxylic acid groups (broad SMARTS) is 1. The van der Waals surface area contributed by atoms with Crippen molar-refractivity contribution in [3.05, 3.63) is 68.5 Å². The van der Waals surface area contributed by atoms with Crippen molar-refractivity contribution in [2.24, 2.45) is 7.05 Å². The Hall–Kier alpha value is -3.16. The van der Waals surface area contributed by atoms with Gasteiger partial charge in [0, 0.05) is 25.7 Å². The van der Waals surface area contributed by atoms with E-state index in [1.165, 1.54) is 7.05 Å². The van der Waals surface area contributed by atoms with Gasteiger partial charge in [-0.25, -0.2) is 4.79 Å². The van der Waals surface area contributed by atoms with Crippen LogP contribution in [0, 0.1) is 0 Å². The van der Waals surface area contributed by atoms with E-state index in [4.69, 9.17) is 5.11 Å². The summed E-state index contributed by atoms with van der Waals surface area (Å²) >= 11 is 0. The summed E-state index contributed by atoms with van der Waals surface area (Å²) in [6, 6.07) is 8.85. The minimum Gasteiger partial charge on any atom is -0.481 e. The molecule has 1 heterocycles. The van der Waals surface area contributed by atoms with Crippen molar-refractivity contribution in [1.82, 2.24) is 14.9 Å². The number of aromatic amines is 1. The van der Waals surface area contributed by atoms with Gasteiger partial charge in [0.05, 0.1) is 0 Å². The highest BCUT2D eigenvalue weighted by atomic mass is 16.4. The summed E-state index contributed by atoms with van der Waals surface area (Å²) in [5, 5.41) is 11.6. The summed E-state index contributed by atoms with van der Waals surface area (Å²) < 4.78 is 1.10. The fourth-order valence-electron chi connectivity index (χ4n) is 2.41. The molecule has 0 fully saturated rings. The van der Waals surface area contributed by atoms with Gasteiger partial charge in [-0.15, -0.1) is 0 Å². The molecule has 0 saturated heterocycles. The lowest BCUT2D eigenvalue weighted by Crippen LogP contribution is -2.41. The molecule has 3 N–H and O–H groups in total. The van der Waals surface area contributed by atoms with Crippen molar-refractivity contribution in [2.75, 3.05) is 0 Å². The zero-order valence-corrected chi connectivity index (χ0v) is 13.7. The first-order valence-corrected chi connectivity index (χ1v) is 7.73. The number of H-pyrrole nitrogens is 1. The number of amides is 1. The highest BCUT2D eigenvalue weighted by molar-refractivity contribution is 5.93. The van der Waals surface area contributed by atoms with Gasteiger partial charge in [-0.1, -0.05) is 30.3 Å². The molecule has 0 spiro atoms. The second-order valence-corrected chi connectivity index (χ2v) is 5.71. The van der Waals surface area contributed by atoms with Crippen molar-refractivity contribution in [3.8, 4) is 0 Å². The number of aliphatic carboxylic acids is 1. The van der Waals surface area contributed by atoms with Gasteiger partial charge >= 0.3 is 11.7 Å². The summed E-state index contributed by atoms with van der Waals surface area (Å²) in [7, 11) is 1.42. The zero-order chi connectivity index (χ0) is 18.4. The van der Waals surface area contributed by atoms with Gasteiger partial charge in [0.25, 0.3) is 11.5 Å². The van der Waals surface area contributed by atoms with Crippen molar-refractivity contribution in [1.29, 1.82) is 0 Å². The number of nitrogens with zero attached hydrogens (tertiary/aromatic N) is 1. The Labute approximate surface area is 143 Å². The number of benzene rings is 1. The lowest BCUT2D eigenvalue weighted by atomic mass is 10.0. The Morgan fingerprint density at radius 1 is 1.24 bits per heavy atom. The Bertz CT molecular complexity index is 870. The minimum absolute atomic E-state index is 0.110. The van der Waals surface area contributed by atoms with Crippen LogP contribution in [0.5, 0.6) is 0 Å². The monoisotopic (exact) mass is 345 g/mol. The molecule has 0 aliphatic rings. The molecular weight excluding hydrogens is 326 g/mol.